The highest BCUT2D eigenvalue weighted by Crippen LogP contribution is 2.18. The molecule has 2 aliphatic heterocycles. The van der Waals surface area contributed by atoms with Crippen molar-refractivity contribution in [2.75, 3.05) is 33.2 Å². The number of hydrogen-bond donors (Lipinski definition) is 0. The molecule has 0 aromatic heterocycles. The van der Waals surface area contributed by atoms with E-state index >= 15 is 0 Å². The zero-order valence-electron chi connectivity index (χ0n) is 8.13. The van der Waals surface area contributed by atoms with E-state index in [1.807, 2.05) is 0 Å². The first-order chi connectivity index (χ1) is 5.86. The average molecular weight is 168 g/mol. The van der Waals surface area contributed by atoms with Gasteiger partial charge in [0.15, 0.2) is 0 Å². The molecule has 0 aromatic carbocycles. The summed E-state index contributed by atoms with van der Waals surface area (Å²) in [6.07, 6.45) is 5.72. The van der Waals surface area contributed by atoms with Crippen LogP contribution < -0.4 is 0 Å². The topological polar surface area (TPSA) is 6.48 Å². The predicted octanol–water partition coefficient (Wildman–Crippen LogP) is 1.18. The Balaban J connectivity index is 1.83. The first-order valence-corrected chi connectivity index (χ1v) is 5.29. The van der Waals surface area contributed by atoms with Crippen LogP contribution in [0.5, 0.6) is 0 Å². The summed E-state index contributed by atoms with van der Waals surface area (Å²) in [5.74, 6) is 0. The molecule has 0 aromatic rings. The van der Waals surface area contributed by atoms with E-state index in [4.69, 9.17) is 0 Å². The van der Waals surface area contributed by atoms with Gasteiger partial charge in [-0.05, 0) is 45.9 Å². The summed E-state index contributed by atoms with van der Waals surface area (Å²) >= 11 is 0. The lowest BCUT2D eigenvalue weighted by molar-refractivity contribution is 0.166. The summed E-state index contributed by atoms with van der Waals surface area (Å²) in [5.41, 5.74) is 0. The van der Waals surface area contributed by atoms with E-state index in [0.29, 0.717) is 0 Å². The zero-order valence-corrected chi connectivity index (χ0v) is 8.13. The molecule has 0 radical (unpaired) electrons. The molecule has 0 spiro atoms. The summed E-state index contributed by atoms with van der Waals surface area (Å²) in [5, 5.41) is 0. The van der Waals surface area contributed by atoms with E-state index in [2.05, 4.69) is 16.8 Å². The fraction of sp³-hybridized carbons (Fsp3) is 1.00. The van der Waals surface area contributed by atoms with Gasteiger partial charge in [0.2, 0.25) is 0 Å². The SMILES string of the molecule is CN1CC[C@H](N2CCCCC2)C1. The van der Waals surface area contributed by atoms with Crippen molar-refractivity contribution in [3.63, 3.8) is 0 Å². The highest BCUT2D eigenvalue weighted by Gasteiger charge is 2.26. The molecule has 2 nitrogen and oxygen atoms in total. The smallest absolute Gasteiger partial charge is 0.0235 e. The van der Waals surface area contributed by atoms with Gasteiger partial charge in [-0.2, -0.15) is 0 Å². The van der Waals surface area contributed by atoms with E-state index in [-0.39, 0.29) is 0 Å². The van der Waals surface area contributed by atoms with Gasteiger partial charge in [-0.3, -0.25) is 4.90 Å². The van der Waals surface area contributed by atoms with Crippen LogP contribution >= 0.6 is 0 Å². The van der Waals surface area contributed by atoms with Gasteiger partial charge in [0, 0.05) is 12.6 Å². The maximum atomic E-state index is 2.70. The van der Waals surface area contributed by atoms with Gasteiger partial charge < -0.3 is 4.90 Å². The summed E-state index contributed by atoms with van der Waals surface area (Å²) in [4.78, 5) is 5.16. The van der Waals surface area contributed by atoms with Crippen LogP contribution in [0.4, 0.5) is 0 Å². The molecule has 2 aliphatic rings. The lowest BCUT2D eigenvalue weighted by Gasteiger charge is -2.31. The van der Waals surface area contributed by atoms with Crippen molar-refractivity contribution in [1.82, 2.24) is 9.80 Å². The average Bonchev–Trinajstić information content (AvgIpc) is 2.54. The molecule has 0 unspecified atom stereocenters. The van der Waals surface area contributed by atoms with Crippen LogP contribution in [-0.2, 0) is 0 Å². The van der Waals surface area contributed by atoms with Crippen molar-refractivity contribution < 1.29 is 0 Å². The van der Waals surface area contributed by atoms with Crippen molar-refractivity contribution >= 4 is 0 Å². The Hall–Kier alpha value is -0.0800. The quantitative estimate of drug-likeness (QED) is 0.580. The van der Waals surface area contributed by atoms with Gasteiger partial charge in [0.05, 0.1) is 0 Å². The molecular weight excluding hydrogens is 148 g/mol. The van der Waals surface area contributed by atoms with Gasteiger partial charge in [0.25, 0.3) is 0 Å². The van der Waals surface area contributed by atoms with Crippen LogP contribution in [0.2, 0.25) is 0 Å². The van der Waals surface area contributed by atoms with Gasteiger partial charge in [-0.25, -0.2) is 0 Å². The number of nitrogens with zero attached hydrogens (tertiary/aromatic N) is 2. The number of likely N-dealkylation sites (tertiary alicyclic amines) is 2. The van der Waals surface area contributed by atoms with E-state index < -0.39 is 0 Å². The minimum absolute atomic E-state index is 0.885. The Kier molecular flexibility index (Phi) is 2.66. The number of rotatable bonds is 1. The zero-order chi connectivity index (χ0) is 8.39. The van der Waals surface area contributed by atoms with Crippen LogP contribution in [0.1, 0.15) is 25.7 Å². The Morgan fingerprint density at radius 3 is 2.33 bits per heavy atom. The maximum absolute atomic E-state index is 2.70. The van der Waals surface area contributed by atoms with Crippen LogP contribution in [0.25, 0.3) is 0 Å². The Morgan fingerprint density at radius 1 is 1.00 bits per heavy atom. The molecule has 0 saturated carbocycles. The van der Waals surface area contributed by atoms with Gasteiger partial charge in [-0.15, -0.1) is 0 Å². The van der Waals surface area contributed by atoms with E-state index in [1.165, 1.54) is 51.9 Å². The minimum atomic E-state index is 0.885. The van der Waals surface area contributed by atoms with E-state index in [9.17, 15) is 0 Å². The van der Waals surface area contributed by atoms with Crippen molar-refractivity contribution in [3.05, 3.63) is 0 Å². The Labute approximate surface area is 75.5 Å². The monoisotopic (exact) mass is 168 g/mol. The summed E-state index contributed by atoms with van der Waals surface area (Å²) in [6.45, 7) is 5.33. The molecule has 0 bridgehead atoms. The van der Waals surface area contributed by atoms with Gasteiger partial charge >= 0.3 is 0 Å². The second kappa shape index (κ2) is 3.75. The molecule has 0 N–H and O–H groups in total. The molecule has 12 heavy (non-hydrogen) atoms. The molecule has 70 valence electrons. The third-order valence-electron chi connectivity index (χ3n) is 3.27. The number of piperidine rings is 1. The molecule has 1 atom stereocenters. The first kappa shape index (κ1) is 8.52. The first-order valence-electron chi connectivity index (χ1n) is 5.29. The largest absolute Gasteiger partial charge is 0.305 e. The second-order valence-corrected chi connectivity index (χ2v) is 4.30. The predicted molar refractivity (Wildman–Crippen MR) is 51.3 cm³/mol. The van der Waals surface area contributed by atoms with Crippen molar-refractivity contribution in [2.24, 2.45) is 0 Å². The summed E-state index contributed by atoms with van der Waals surface area (Å²) in [7, 11) is 2.24. The van der Waals surface area contributed by atoms with E-state index in [0.717, 1.165) is 6.04 Å². The third-order valence-corrected chi connectivity index (χ3v) is 3.27. The highest BCUT2D eigenvalue weighted by atomic mass is 15.2. The molecule has 2 heterocycles. The van der Waals surface area contributed by atoms with Crippen molar-refractivity contribution in [2.45, 2.75) is 31.7 Å². The third kappa shape index (κ3) is 1.80. The Bertz CT molecular complexity index is 138. The molecule has 2 saturated heterocycles. The van der Waals surface area contributed by atoms with Gasteiger partial charge in [-0.1, -0.05) is 6.42 Å². The summed E-state index contributed by atoms with van der Waals surface area (Å²) < 4.78 is 0. The second-order valence-electron chi connectivity index (χ2n) is 4.30. The van der Waals surface area contributed by atoms with Crippen molar-refractivity contribution in [3.8, 4) is 0 Å². The normalized spacial score (nSPS) is 34.2. The molecule has 0 amide bonds. The lowest BCUT2D eigenvalue weighted by Crippen LogP contribution is -2.40. The maximum Gasteiger partial charge on any atom is 0.0235 e. The van der Waals surface area contributed by atoms with Crippen molar-refractivity contribution in [1.29, 1.82) is 0 Å². The van der Waals surface area contributed by atoms with Crippen LogP contribution in [-0.4, -0.2) is 49.1 Å². The van der Waals surface area contributed by atoms with E-state index in [1.54, 1.807) is 0 Å². The fourth-order valence-electron chi connectivity index (χ4n) is 2.49. The lowest BCUT2D eigenvalue weighted by atomic mass is 10.1. The fourth-order valence-corrected chi connectivity index (χ4v) is 2.49. The standard InChI is InChI=1S/C10H20N2/c1-11-8-5-10(9-11)12-6-3-2-4-7-12/h10H,2-9H2,1H3/t10-/m0/s1. The molecule has 2 heteroatoms. The van der Waals surface area contributed by atoms with Crippen LogP contribution in [0.3, 0.4) is 0 Å². The molecule has 2 fully saturated rings. The summed E-state index contributed by atoms with van der Waals surface area (Å²) in [6, 6.07) is 0.885. The number of likely N-dealkylation sites (N-methyl/N-ethyl adjacent to an activating group) is 1. The molecule has 2 rings (SSSR count). The highest BCUT2D eigenvalue weighted by molar-refractivity contribution is 4.83. The van der Waals surface area contributed by atoms with Crippen LogP contribution in [0.15, 0.2) is 0 Å². The molecular formula is C10H20N2. The molecule has 0 aliphatic carbocycles. The van der Waals surface area contributed by atoms with Crippen LogP contribution in [0, 0.1) is 0 Å². The Morgan fingerprint density at radius 2 is 1.75 bits per heavy atom. The minimum Gasteiger partial charge on any atom is -0.305 e. The van der Waals surface area contributed by atoms with Gasteiger partial charge in [0.1, 0.15) is 0 Å². The number of hydrogen-bond acceptors (Lipinski definition) is 2.